The van der Waals surface area contributed by atoms with Crippen LogP contribution in [0.3, 0.4) is 0 Å². The van der Waals surface area contributed by atoms with E-state index in [2.05, 4.69) is 0 Å². The van der Waals surface area contributed by atoms with Crippen molar-refractivity contribution in [3.05, 3.63) is 0 Å². The summed E-state index contributed by atoms with van der Waals surface area (Å²) in [6.07, 6.45) is -0.936. The van der Waals surface area contributed by atoms with Crippen molar-refractivity contribution in [2.75, 3.05) is 6.54 Å². The number of amides is 2. The lowest BCUT2D eigenvalue weighted by Gasteiger charge is -2.12. The minimum atomic E-state index is -1.17. The summed E-state index contributed by atoms with van der Waals surface area (Å²) in [5, 5.41) is 8.38. The average molecular weight is 182 g/mol. The second-order valence-electron chi connectivity index (χ2n) is 1.77. The fraction of sp³-hybridized carbons (Fsp3) is 0.667. The maximum atomic E-state index is 10.7. The smallest absolute Gasteiger partial charge is 0.414 e. The molecule has 0 saturated carbocycles. The first kappa shape index (κ1) is 12.9. The van der Waals surface area contributed by atoms with Gasteiger partial charge in [0.1, 0.15) is 0 Å². The fourth-order valence-electron chi connectivity index (χ4n) is 0.609. The summed E-state index contributed by atoms with van der Waals surface area (Å²) in [4.78, 5) is 21.8. The molecule has 0 unspecified atom stereocenters. The summed E-state index contributed by atoms with van der Waals surface area (Å²) < 4.78 is 0. The molecular formula is C6H12ClNO3. The molecule has 0 aromatic carbocycles. The van der Waals surface area contributed by atoms with Gasteiger partial charge in [0.05, 0.1) is 0 Å². The van der Waals surface area contributed by atoms with Gasteiger partial charge in [-0.15, -0.1) is 12.4 Å². The predicted octanol–water partition coefficient (Wildman–Crippen LogP) is 1.34. The summed E-state index contributed by atoms with van der Waals surface area (Å²) in [5.41, 5.74) is 0. The highest BCUT2D eigenvalue weighted by atomic mass is 35.5. The van der Waals surface area contributed by atoms with Crippen LogP contribution < -0.4 is 0 Å². The molecule has 0 bridgehead atoms. The molecule has 0 radical (unpaired) electrons. The molecule has 2 amide bonds. The topological polar surface area (TPSA) is 57.6 Å². The molecule has 4 nitrogen and oxygen atoms in total. The number of halogens is 1. The quantitative estimate of drug-likeness (QED) is 0.700. The fourth-order valence-corrected chi connectivity index (χ4v) is 0.609. The van der Waals surface area contributed by atoms with Crippen molar-refractivity contribution in [2.24, 2.45) is 0 Å². The van der Waals surface area contributed by atoms with Crippen LogP contribution in [-0.4, -0.2) is 28.6 Å². The lowest BCUT2D eigenvalue weighted by molar-refractivity contribution is -0.128. The zero-order valence-electron chi connectivity index (χ0n) is 6.53. The molecule has 11 heavy (non-hydrogen) atoms. The van der Waals surface area contributed by atoms with Gasteiger partial charge in [0.25, 0.3) is 0 Å². The van der Waals surface area contributed by atoms with Gasteiger partial charge in [0.15, 0.2) is 0 Å². The highest BCUT2D eigenvalue weighted by Crippen LogP contribution is 1.93. The third-order valence-corrected chi connectivity index (χ3v) is 1.15. The summed E-state index contributed by atoms with van der Waals surface area (Å²) in [5.74, 6) is -0.352. The summed E-state index contributed by atoms with van der Waals surface area (Å²) in [7, 11) is 0. The molecule has 0 heterocycles. The van der Waals surface area contributed by atoms with Crippen LogP contribution in [0.2, 0.25) is 0 Å². The molecule has 0 aromatic rings. The van der Waals surface area contributed by atoms with E-state index in [-0.39, 0.29) is 31.3 Å². The molecule has 0 aliphatic heterocycles. The molecule has 0 fully saturated rings. The number of hydrogen-bond acceptors (Lipinski definition) is 2. The first-order chi connectivity index (χ1) is 4.63. The molecule has 66 valence electrons. The normalized spacial score (nSPS) is 8.18. The van der Waals surface area contributed by atoms with Gasteiger partial charge >= 0.3 is 6.09 Å². The molecule has 0 aliphatic carbocycles. The van der Waals surface area contributed by atoms with Crippen LogP contribution in [0.15, 0.2) is 0 Å². The zero-order valence-corrected chi connectivity index (χ0v) is 7.35. The van der Waals surface area contributed by atoms with Crippen LogP contribution in [0.5, 0.6) is 0 Å². The third-order valence-electron chi connectivity index (χ3n) is 1.15. The highest BCUT2D eigenvalue weighted by molar-refractivity contribution is 5.90. The lowest BCUT2D eigenvalue weighted by atomic mass is 10.4. The minimum Gasteiger partial charge on any atom is -0.465 e. The molecule has 0 aromatic heterocycles. The van der Waals surface area contributed by atoms with Crippen molar-refractivity contribution in [2.45, 2.75) is 20.3 Å². The van der Waals surface area contributed by atoms with Crippen LogP contribution in [0.4, 0.5) is 4.79 Å². The highest BCUT2D eigenvalue weighted by Gasteiger charge is 2.15. The second-order valence-corrected chi connectivity index (χ2v) is 1.77. The number of carbonyl (C=O) groups is 2. The Kier molecular flexibility index (Phi) is 6.99. The standard InChI is InChI=1S/C6H11NO3.ClH/c1-3-5(8)7(4-2)6(9)10;/h3-4H2,1-2H3,(H,9,10);1H. The number of imide groups is 1. The number of carbonyl (C=O) groups excluding carboxylic acids is 1. The van der Waals surface area contributed by atoms with Gasteiger partial charge in [-0.05, 0) is 6.92 Å². The first-order valence-corrected chi connectivity index (χ1v) is 3.16. The zero-order chi connectivity index (χ0) is 8.15. The monoisotopic (exact) mass is 181 g/mol. The van der Waals surface area contributed by atoms with Gasteiger partial charge in [-0.3, -0.25) is 4.79 Å². The van der Waals surface area contributed by atoms with Gasteiger partial charge in [-0.1, -0.05) is 6.92 Å². The Hall–Kier alpha value is -0.770. The minimum absolute atomic E-state index is 0. The van der Waals surface area contributed by atoms with Crippen molar-refractivity contribution in [1.82, 2.24) is 4.90 Å². The largest absolute Gasteiger partial charge is 0.465 e. The van der Waals surface area contributed by atoms with E-state index in [4.69, 9.17) is 5.11 Å². The Labute approximate surface area is 71.6 Å². The molecule has 0 spiro atoms. The molecule has 0 rings (SSSR count). The molecule has 0 aliphatic rings. The van der Waals surface area contributed by atoms with Gasteiger partial charge in [0, 0.05) is 13.0 Å². The number of nitrogens with zero attached hydrogens (tertiary/aromatic N) is 1. The van der Waals surface area contributed by atoms with Gasteiger partial charge in [-0.25, -0.2) is 9.69 Å². The molecule has 0 saturated heterocycles. The Bertz CT molecular complexity index is 149. The molecule has 5 heteroatoms. The third kappa shape index (κ3) is 3.83. The van der Waals surface area contributed by atoms with Crippen LogP contribution >= 0.6 is 12.4 Å². The maximum absolute atomic E-state index is 10.7. The van der Waals surface area contributed by atoms with Crippen molar-refractivity contribution in [3.63, 3.8) is 0 Å². The summed E-state index contributed by atoms with van der Waals surface area (Å²) in [6.45, 7) is 3.48. The SMILES string of the molecule is CCC(=O)N(CC)C(=O)O.Cl. The number of rotatable bonds is 2. The van der Waals surface area contributed by atoms with E-state index in [1.54, 1.807) is 13.8 Å². The lowest BCUT2D eigenvalue weighted by Crippen LogP contribution is -2.34. The second kappa shape index (κ2) is 5.97. The molecule has 1 N–H and O–H groups in total. The van der Waals surface area contributed by atoms with Crippen LogP contribution in [0.25, 0.3) is 0 Å². The van der Waals surface area contributed by atoms with E-state index in [9.17, 15) is 9.59 Å². The Balaban J connectivity index is 0. The number of carboxylic acid groups (broad SMARTS) is 1. The van der Waals surface area contributed by atoms with Crippen LogP contribution in [-0.2, 0) is 4.79 Å². The van der Waals surface area contributed by atoms with E-state index in [0.29, 0.717) is 0 Å². The summed E-state index contributed by atoms with van der Waals surface area (Å²) in [6, 6.07) is 0. The van der Waals surface area contributed by atoms with Crippen molar-refractivity contribution < 1.29 is 14.7 Å². The van der Waals surface area contributed by atoms with E-state index in [1.807, 2.05) is 0 Å². The number of hydrogen-bond donors (Lipinski definition) is 1. The van der Waals surface area contributed by atoms with E-state index in [0.717, 1.165) is 4.90 Å². The first-order valence-electron chi connectivity index (χ1n) is 3.16. The molecular weight excluding hydrogens is 170 g/mol. The maximum Gasteiger partial charge on any atom is 0.414 e. The van der Waals surface area contributed by atoms with Crippen molar-refractivity contribution in [3.8, 4) is 0 Å². The van der Waals surface area contributed by atoms with Crippen molar-refractivity contribution >= 4 is 24.4 Å². The van der Waals surface area contributed by atoms with Gasteiger partial charge in [0.2, 0.25) is 5.91 Å². The van der Waals surface area contributed by atoms with E-state index >= 15 is 0 Å². The molecule has 0 atom stereocenters. The Morgan fingerprint density at radius 2 is 1.82 bits per heavy atom. The van der Waals surface area contributed by atoms with E-state index in [1.165, 1.54) is 0 Å². The Morgan fingerprint density at radius 1 is 1.36 bits per heavy atom. The van der Waals surface area contributed by atoms with Gasteiger partial charge < -0.3 is 5.11 Å². The van der Waals surface area contributed by atoms with Crippen LogP contribution in [0, 0.1) is 0 Å². The van der Waals surface area contributed by atoms with Gasteiger partial charge in [-0.2, -0.15) is 0 Å². The summed E-state index contributed by atoms with van der Waals surface area (Å²) >= 11 is 0. The van der Waals surface area contributed by atoms with Crippen LogP contribution in [0.1, 0.15) is 20.3 Å². The average Bonchev–Trinajstić information content (AvgIpc) is 1.88. The van der Waals surface area contributed by atoms with Crippen molar-refractivity contribution in [1.29, 1.82) is 0 Å². The predicted molar refractivity (Wildman–Crippen MR) is 43.0 cm³/mol. The van der Waals surface area contributed by atoms with E-state index < -0.39 is 6.09 Å². The Morgan fingerprint density at radius 3 is 1.91 bits per heavy atom.